The number of aryl methyl sites for hydroxylation is 1. The lowest BCUT2D eigenvalue weighted by molar-refractivity contribution is 0.0605. The zero-order valence-electron chi connectivity index (χ0n) is 10.4. The number of carbonyl (C=O) groups is 1. The summed E-state index contributed by atoms with van der Waals surface area (Å²) in [5.41, 5.74) is 0.698. The molecule has 0 aliphatic rings. The van der Waals surface area contributed by atoms with Crippen molar-refractivity contribution in [2.75, 3.05) is 12.4 Å². The van der Waals surface area contributed by atoms with Crippen LogP contribution in [0.3, 0.4) is 0 Å². The third kappa shape index (κ3) is 2.95. The largest absolute Gasteiger partial charge is 0.465 e. The maximum absolute atomic E-state index is 11.4. The van der Waals surface area contributed by atoms with Crippen LogP contribution in [0.2, 0.25) is 0 Å². The van der Waals surface area contributed by atoms with E-state index < -0.39 is 0 Å². The summed E-state index contributed by atoms with van der Waals surface area (Å²) >= 11 is 1.34. The number of anilines is 1. The number of nitrogens with zero attached hydrogens (tertiary/aromatic N) is 1. The molecule has 0 spiro atoms. The molecule has 0 saturated heterocycles. The van der Waals surface area contributed by atoms with Gasteiger partial charge in [0.1, 0.15) is 4.88 Å². The van der Waals surface area contributed by atoms with Gasteiger partial charge >= 0.3 is 5.97 Å². The van der Waals surface area contributed by atoms with E-state index in [0.29, 0.717) is 10.6 Å². The Balaban J connectivity index is 2.89. The highest BCUT2D eigenvalue weighted by Crippen LogP contribution is 2.26. The zero-order valence-corrected chi connectivity index (χ0v) is 11.2. The molecule has 0 fully saturated rings. The maximum Gasteiger partial charge on any atom is 0.350 e. The molecule has 4 nitrogen and oxygen atoms in total. The second-order valence-corrected chi connectivity index (χ2v) is 5.29. The molecule has 1 rings (SSSR count). The van der Waals surface area contributed by atoms with Crippen molar-refractivity contribution >= 4 is 22.4 Å². The lowest BCUT2D eigenvalue weighted by Gasteiger charge is -2.23. The van der Waals surface area contributed by atoms with Gasteiger partial charge in [0, 0.05) is 5.54 Å². The molecule has 1 heterocycles. The molecule has 1 aromatic heterocycles. The van der Waals surface area contributed by atoms with Gasteiger partial charge in [-0.3, -0.25) is 0 Å². The average Bonchev–Trinajstić information content (AvgIpc) is 2.57. The van der Waals surface area contributed by atoms with Crippen molar-refractivity contribution in [3.63, 3.8) is 0 Å². The van der Waals surface area contributed by atoms with Crippen molar-refractivity contribution in [1.82, 2.24) is 4.98 Å². The second-order valence-electron chi connectivity index (χ2n) is 4.29. The van der Waals surface area contributed by atoms with E-state index >= 15 is 0 Å². The number of ether oxygens (including phenoxy) is 1. The van der Waals surface area contributed by atoms with Crippen LogP contribution in [0.1, 0.15) is 42.6 Å². The minimum atomic E-state index is -0.322. The Hall–Kier alpha value is -1.10. The van der Waals surface area contributed by atoms with Crippen LogP contribution in [0.15, 0.2) is 0 Å². The number of methoxy groups -OCH3 is 1. The topological polar surface area (TPSA) is 51.2 Å². The minimum Gasteiger partial charge on any atom is -0.465 e. The van der Waals surface area contributed by atoms with Gasteiger partial charge < -0.3 is 10.1 Å². The third-order valence-corrected chi connectivity index (χ3v) is 3.55. The number of hydrogen-bond acceptors (Lipinski definition) is 5. The Morgan fingerprint density at radius 3 is 2.69 bits per heavy atom. The molecule has 1 aromatic rings. The van der Waals surface area contributed by atoms with Gasteiger partial charge in [0.15, 0.2) is 5.13 Å². The summed E-state index contributed by atoms with van der Waals surface area (Å²) < 4.78 is 4.69. The molecule has 1 N–H and O–H groups in total. The Labute approximate surface area is 100 Å². The van der Waals surface area contributed by atoms with Crippen LogP contribution in [-0.4, -0.2) is 23.6 Å². The van der Waals surface area contributed by atoms with Crippen molar-refractivity contribution in [3.05, 3.63) is 10.6 Å². The predicted octanol–water partition coefficient (Wildman–Crippen LogP) is 2.84. The van der Waals surface area contributed by atoms with Gasteiger partial charge in [-0.15, -0.1) is 0 Å². The minimum absolute atomic E-state index is 0.0162. The Morgan fingerprint density at radius 1 is 1.56 bits per heavy atom. The highest BCUT2D eigenvalue weighted by Gasteiger charge is 2.20. The number of rotatable bonds is 4. The fourth-order valence-corrected chi connectivity index (χ4v) is 2.17. The zero-order chi connectivity index (χ0) is 12.3. The lowest BCUT2D eigenvalue weighted by Crippen LogP contribution is -2.29. The first-order valence-electron chi connectivity index (χ1n) is 5.23. The first-order chi connectivity index (χ1) is 7.39. The van der Waals surface area contributed by atoms with Gasteiger partial charge in [-0.1, -0.05) is 18.3 Å². The molecule has 0 unspecified atom stereocenters. The van der Waals surface area contributed by atoms with E-state index in [-0.39, 0.29) is 11.5 Å². The molecule has 0 atom stereocenters. The number of carbonyl (C=O) groups excluding carboxylic acids is 1. The van der Waals surface area contributed by atoms with Gasteiger partial charge in [0.05, 0.1) is 12.8 Å². The molecular weight excluding hydrogens is 224 g/mol. The number of thiazole rings is 1. The predicted molar refractivity (Wildman–Crippen MR) is 66.2 cm³/mol. The third-order valence-electron chi connectivity index (χ3n) is 2.50. The molecule has 0 aliphatic heterocycles. The second kappa shape index (κ2) is 4.82. The number of nitrogens with one attached hydrogen (secondary N) is 1. The van der Waals surface area contributed by atoms with Crippen LogP contribution in [0.25, 0.3) is 0 Å². The molecule has 90 valence electrons. The lowest BCUT2D eigenvalue weighted by atomic mass is 10.0. The fourth-order valence-electron chi connectivity index (χ4n) is 1.11. The molecule has 0 aromatic carbocycles. The average molecular weight is 242 g/mol. The molecule has 0 saturated carbocycles. The monoisotopic (exact) mass is 242 g/mol. The first kappa shape index (κ1) is 13.0. The summed E-state index contributed by atoms with van der Waals surface area (Å²) in [6, 6.07) is 0. The van der Waals surface area contributed by atoms with E-state index in [1.54, 1.807) is 0 Å². The SMILES string of the molecule is CCC(C)(C)Nc1nc(C)c(C(=O)OC)s1. The van der Waals surface area contributed by atoms with Crippen LogP contribution >= 0.6 is 11.3 Å². The summed E-state index contributed by atoms with van der Waals surface area (Å²) in [6.07, 6.45) is 0.985. The van der Waals surface area contributed by atoms with Crippen molar-refractivity contribution in [1.29, 1.82) is 0 Å². The smallest absolute Gasteiger partial charge is 0.350 e. The molecule has 0 bridgehead atoms. The summed E-state index contributed by atoms with van der Waals surface area (Å²) in [7, 11) is 1.38. The molecule has 0 radical (unpaired) electrons. The maximum atomic E-state index is 11.4. The van der Waals surface area contributed by atoms with Crippen LogP contribution in [0, 0.1) is 6.92 Å². The molecular formula is C11H18N2O2S. The summed E-state index contributed by atoms with van der Waals surface area (Å²) in [4.78, 5) is 16.3. The van der Waals surface area contributed by atoms with Gasteiger partial charge in [0.25, 0.3) is 0 Å². The first-order valence-corrected chi connectivity index (χ1v) is 6.05. The van der Waals surface area contributed by atoms with Gasteiger partial charge in [-0.05, 0) is 27.2 Å². The van der Waals surface area contributed by atoms with Crippen LogP contribution in [0.5, 0.6) is 0 Å². The van der Waals surface area contributed by atoms with Crippen molar-refractivity contribution < 1.29 is 9.53 Å². The Kier molecular flexibility index (Phi) is 3.91. The van der Waals surface area contributed by atoms with E-state index in [1.807, 2.05) is 6.92 Å². The van der Waals surface area contributed by atoms with E-state index in [9.17, 15) is 4.79 Å². The molecule has 0 amide bonds. The van der Waals surface area contributed by atoms with E-state index in [1.165, 1.54) is 18.4 Å². The van der Waals surface area contributed by atoms with Gasteiger partial charge in [-0.25, -0.2) is 9.78 Å². The Morgan fingerprint density at radius 2 is 2.19 bits per heavy atom. The van der Waals surface area contributed by atoms with Crippen molar-refractivity contribution in [3.8, 4) is 0 Å². The summed E-state index contributed by atoms with van der Waals surface area (Å²) in [5.74, 6) is -0.322. The number of esters is 1. The summed E-state index contributed by atoms with van der Waals surface area (Å²) in [6.45, 7) is 8.12. The normalized spacial score (nSPS) is 11.3. The van der Waals surface area contributed by atoms with Gasteiger partial charge in [0.2, 0.25) is 0 Å². The van der Waals surface area contributed by atoms with Crippen LogP contribution in [-0.2, 0) is 4.74 Å². The number of hydrogen-bond donors (Lipinski definition) is 1. The molecule has 0 aliphatic carbocycles. The van der Waals surface area contributed by atoms with E-state index in [0.717, 1.165) is 11.6 Å². The molecule has 5 heteroatoms. The number of aromatic nitrogens is 1. The Bertz CT molecular complexity index is 385. The summed E-state index contributed by atoms with van der Waals surface area (Å²) in [5, 5.41) is 4.08. The van der Waals surface area contributed by atoms with Crippen molar-refractivity contribution in [2.45, 2.75) is 39.7 Å². The van der Waals surface area contributed by atoms with Crippen molar-refractivity contribution in [2.24, 2.45) is 0 Å². The highest BCUT2D eigenvalue weighted by atomic mass is 32.1. The van der Waals surface area contributed by atoms with E-state index in [2.05, 4.69) is 31.1 Å². The standard InChI is InChI=1S/C11H18N2O2S/c1-6-11(3,4)13-10-12-7(2)8(16-10)9(14)15-5/h6H2,1-5H3,(H,12,13). The van der Waals surface area contributed by atoms with Crippen LogP contribution in [0.4, 0.5) is 5.13 Å². The fraction of sp³-hybridized carbons (Fsp3) is 0.636. The molecule has 16 heavy (non-hydrogen) atoms. The van der Waals surface area contributed by atoms with Crippen LogP contribution < -0.4 is 5.32 Å². The highest BCUT2D eigenvalue weighted by molar-refractivity contribution is 7.17. The van der Waals surface area contributed by atoms with Gasteiger partial charge in [-0.2, -0.15) is 0 Å². The van der Waals surface area contributed by atoms with E-state index in [4.69, 9.17) is 4.74 Å². The quantitative estimate of drug-likeness (QED) is 0.825.